The minimum absolute atomic E-state index is 0.111. The molecule has 1 heterocycles. The highest BCUT2D eigenvalue weighted by Crippen LogP contribution is 2.33. The quantitative estimate of drug-likeness (QED) is 0.754. The van der Waals surface area contributed by atoms with Crippen molar-refractivity contribution in [2.45, 2.75) is 45.6 Å². The average Bonchev–Trinajstić information content (AvgIpc) is 2.54. The number of ether oxygens (including phenoxy) is 3. The largest absolute Gasteiger partial charge is 0.493 e. The number of aromatic nitrogens is 1. The van der Waals surface area contributed by atoms with Gasteiger partial charge in [-0.15, -0.1) is 0 Å². The predicted octanol–water partition coefficient (Wildman–Crippen LogP) is 3.36. The fraction of sp³-hybridized carbons (Fsp3) is 0.647. The molecule has 122 valence electrons. The maximum Gasteiger partial charge on any atom is 0.306 e. The van der Waals surface area contributed by atoms with E-state index in [9.17, 15) is 4.79 Å². The number of hydrogen-bond donors (Lipinski definition) is 0. The van der Waals surface area contributed by atoms with Crippen LogP contribution in [0, 0.1) is 11.8 Å². The summed E-state index contributed by atoms with van der Waals surface area (Å²) in [5.41, 5.74) is 0.576. The number of pyridine rings is 1. The van der Waals surface area contributed by atoms with Crippen molar-refractivity contribution >= 4 is 5.97 Å². The van der Waals surface area contributed by atoms with Crippen molar-refractivity contribution in [1.82, 2.24) is 4.98 Å². The van der Waals surface area contributed by atoms with E-state index in [4.69, 9.17) is 14.2 Å². The topological polar surface area (TPSA) is 57.7 Å². The van der Waals surface area contributed by atoms with Crippen LogP contribution in [0.3, 0.4) is 0 Å². The van der Waals surface area contributed by atoms with Crippen LogP contribution < -0.4 is 9.47 Å². The lowest BCUT2D eigenvalue weighted by Gasteiger charge is -2.27. The van der Waals surface area contributed by atoms with E-state index in [2.05, 4.69) is 11.9 Å². The van der Waals surface area contributed by atoms with Crippen molar-refractivity contribution < 1.29 is 19.0 Å². The van der Waals surface area contributed by atoms with Crippen molar-refractivity contribution in [3.05, 3.63) is 18.0 Å². The second kappa shape index (κ2) is 8.01. The van der Waals surface area contributed by atoms with Crippen LogP contribution in [0.25, 0.3) is 0 Å². The van der Waals surface area contributed by atoms with E-state index in [1.807, 2.05) is 0 Å². The van der Waals surface area contributed by atoms with Crippen LogP contribution >= 0.6 is 0 Å². The minimum Gasteiger partial charge on any atom is -0.493 e. The van der Waals surface area contributed by atoms with Crippen LogP contribution in [0.2, 0.25) is 0 Å². The zero-order valence-corrected chi connectivity index (χ0v) is 13.6. The Labute approximate surface area is 132 Å². The molecule has 0 N–H and O–H groups in total. The molecule has 0 aromatic carbocycles. The maximum atomic E-state index is 12.1. The zero-order chi connectivity index (χ0) is 15.9. The Morgan fingerprint density at radius 3 is 2.73 bits per heavy atom. The first kappa shape index (κ1) is 16.6. The molecule has 0 bridgehead atoms. The molecule has 0 amide bonds. The molecule has 0 radical (unpaired) electrons. The normalized spacial score (nSPS) is 21.2. The molecule has 2 rings (SSSR count). The van der Waals surface area contributed by atoms with Crippen LogP contribution in [0.15, 0.2) is 12.3 Å². The molecule has 1 fully saturated rings. The fourth-order valence-corrected chi connectivity index (χ4v) is 3.07. The van der Waals surface area contributed by atoms with Crippen molar-refractivity contribution in [3.63, 3.8) is 0 Å². The third kappa shape index (κ3) is 4.12. The van der Waals surface area contributed by atoms with Crippen molar-refractivity contribution in [2.24, 2.45) is 11.8 Å². The summed E-state index contributed by atoms with van der Waals surface area (Å²) in [4.78, 5) is 16.3. The highest BCUT2D eigenvalue weighted by atomic mass is 16.5. The number of esters is 1. The first-order valence-electron chi connectivity index (χ1n) is 7.87. The second-order valence-electron chi connectivity index (χ2n) is 5.88. The standard InChI is InChI=1S/C17H25NO4/c1-12-6-4-5-7-13(12)10-16(19)22-11-14-17(21-3)15(20-2)8-9-18-14/h8-9,12-13H,4-7,10-11H2,1-3H3. The minimum atomic E-state index is -0.162. The number of nitrogens with zero attached hydrogens (tertiary/aromatic N) is 1. The highest BCUT2D eigenvalue weighted by Gasteiger charge is 2.24. The molecule has 1 aliphatic carbocycles. The molecule has 0 saturated heterocycles. The lowest BCUT2D eigenvalue weighted by Crippen LogP contribution is -2.21. The molecule has 2 atom stereocenters. The summed E-state index contributed by atoms with van der Waals surface area (Å²) in [5.74, 6) is 1.99. The molecular weight excluding hydrogens is 282 g/mol. The third-order valence-electron chi connectivity index (χ3n) is 4.45. The Morgan fingerprint density at radius 1 is 1.27 bits per heavy atom. The van der Waals surface area contributed by atoms with Crippen LogP contribution in [0.5, 0.6) is 11.5 Å². The van der Waals surface area contributed by atoms with Crippen LogP contribution in [-0.2, 0) is 16.1 Å². The Morgan fingerprint density at radius 2 is 2.05 bits per heavy atom. The number of methoxy groups -OCH3 is 2. The maximum absolute atomic E-state index is 12.1. The molecule has 2 unspecified atom stereocenters. The van der Waals surface area contributed by atoms with Gasteiger partial charge in [-0.05, 0) is 18.3 Å². The molecule has 22 heavy (non-hydrogen) atoms. The van der Waals surface area contributed by atoms with E-state index in [0.717, 1.165) is 6.42 Å². The molecule has 1 aromatic heterocycles. The summed E-state index contributed by atoms with van der Waals surface area (Å²) in [5, 5.41) is 0. The van der Waals surface area contributed by atoms with Gasteiger partial charge in [-0.2, -0.15) is 0 Å². The monoisotopic (exact) mass is 307 g/mol. The van der Waals surface area contributed by atoms with Crippen LogP contribution in [-0.4, -0.2) is 25.2 Å². The summed E-state index contributed by atoms with van der Waals surface area (Å²) in [6.07, 6.45) is 6.94. The second-order valence-corrected chi connectivity index (χ2v) is 5.88. The van der Waals surface area contributed by atoms with Crippen molar-refractivity contribution in [2.75, 3.05) is 14.2 Å². The van der Waals surface area contributed by atoms with Gasteiger partial charge in [0, 0.05) is 18.7 Å². The van der Waals surface area contributed by atoms with Gasteiger partial charge in [0.2, 0.25) is 0 Å². The van der Waals surface area contributed by atoms with Gasteiger partial charge in [-0.3, -0.25) is 9.78 Å². The highest BCUT2D eigenvalue weighted by molar-refractivity contribution is 5.69. The van der Waals surface area contributed by atoms with E-state index < -0.39 is 0 Å². The van der Waals surface area contributed by atoms with E-state index in [1.54, 1.807) is 26.5 Å². The molecule has 1 aliphatic rings. The molecular formula is C17H25NO4. The molecule has 1 saturated carbocycles. The summed E-state index contributed by atoms with van der Waals surface area (Å²) >= 11 is 0. The van der Waals surface area contributed by atoms with Crippen molar-refractivity contribution in [3.8, 4) is 11.5 Å². The summed E-state index contributed by atoms with van der Waals surface area (Å²) < 4.78 is 15.9. The summed E-state index contributed by atoms with van der Waals surface area (Å²) in [6, 6.07) is 1.72. The molecule has 5 nitrogen and oxygen atoms in total. The number of carbonyl (C=O) groups is 1. The van der Waals surface area contributed by atoms with Gasteiger partial charge in [0.15, 0.2) is 11.5 Å². The molecule has 0 spiro atoms. The SMILES string of the molecule is COc1ccnc(COC(=O)CC2CCCCC2C)c1OC. The molecule has 5 heteroatoms. The summed E-state index contributed by atoms with van der Waals surface area (Å²) in [6.45, 7) is 2.34. The summed E-state index contributed by atoms with van der Waals surface area (Å²) in [7, 11) is 3.12. The van der Waals surface area contributed by atoms with E-state index in [1.165, 1.54) is 19.3 Å². The molecule has 0 aliphatic heterocycles. The lowest BCUT2D eigenvalue weighted by atomic mass is 9.79. The molecule has 1 aromatic rings. The Hall–Kier alpha value is -1.78. The Balaban J connectivity index is 1.91. The van der Waals surface area contributed by atoms with Gasteiger partial charge in [0.25, 0.3) is 0 Å². The van der Waals surface area contributed by atoms with Gasteiger partial charge in [0.1, 0.15) is 12.3 Å². The van der Waals surface area contributed by atoms with Gasteiger partial charge in [-0.25, -0.2) is 0 Å². The Bertz CT molecular complexity index is 503. The van der Waals surface area contributed by atoms with Crippen LogP contribution in [0.1, 0.15) is 44.7 Å². The smallest absolute Gasteiger partial charge is 0.306 e. The average molecular weight is 307 g/mol. The number of carbonyl (C=O) groups excluding carboxylic acids is 1. The zero-order valence-electron chi connectivity index (χ0n) is 13.6. The Kier molecular flexibility index (Phi) is 6.04. The van der Waals surface area contributed by atoms with Gasteiger partial charge >= 0.3 is 5.97 Å². The fourth-order valence-electron chi connectivity index (χ4n) is 3.07. The lowest BCUT2D eigenvalue weighted by molar-refractivity contribution is -0.147. The first-order chi connectivity index (χ1) is 10.7. The van der Waals surface area contributed by atoms with Gasteiger partial charge in [-0.1, -0.05) is 26.2 Å². The van der Waals surface area contributed by atoms with E-state index in [0.29, 0.717) is 35.4 Å². The van der Waals surface area contributed by atoms with Crippen LogP contribution in [0.4, 0.5) is 0 Å². The van der Waals surface area contributed by atoms with E-state index >= 15 is 0 Å². The predicted molar refractivity (Wildman–Crippen MR) is 82.9 cm³/mol. The van der Waals surface area contributed by atoms with E-state index in [-0.39, 0.29) is 12.6 Å². The third-order valence-corrected chi connectivity index (χ3v) is 4.45. The number of hydrogen-bond acceptors (Lipinski definition) is 5. The van der Waals surface area contributed by atoms with Gasteiger partial charge in [0.05, 0.1) is 14.2 Å². The van der Waals surface area contributed by atoms with Crippen molar-refractivity contribution in [1.29, 1.82) is 0 Å². The first-order valence-corrected chi connectivity index (χ1v) is 7.87. The van der Waals surface area contributed by atoms with Gasteiger partial charge < -0.3 is 14.2 Å². The number of rotatable bonds is 6.